The van der Waals surface area contributed by atoms with Crippen LogP contribution >= 0.6 is 11.3 Å². The normalized spacial score (nSPS) is 11.3. The molecule has 0 fully saturated rings. The number of rotatable bonds is 5. The summed E-state index contributed by atoms with van der Waals surface area (Å²) < 4.78 is 5.16. The number of carbonyl (C=O) groups is 1. The number of benzene rings is 1. The molecule has 1 amide bonds. The second kappa shape index (κ2) is 6.99. The van der Waals surface area contributed by atoms with Crippen molar-refractivity contribution in [2.45, 2.75) is 20.3 Å². The Hall–Kier alpha value is -2.21. The van der Waals surface area contributed by atoms with Crippen molar-refractivity contribution in [2.75, 3.05) is 7.11 Å². The van der Waals surface area contributed by atoms with Gasteiger partial charge in [-0.25, -0.2) is 10.4 Å². The molecule has 0 saturated carbocycles. The average Bonchev–Trinajstić information content (AvgIpc) is 2.90. The third-order valence-electron chi connectivity index (χ3n) is 2.81. The van der Waals surface area contributed by atoms with Crippen LogP contribution < -0.4 is 10.2 Å². The van der Waals surface area contributed by atoms with Gasteiger partial charge in [-0.1, -0.05) is 12.1 Å². The van der Waals surface area contributed by atoms with Crippen molar-refractivity contribution in [3.8, 4) is 5.75 Å². The molecule has 2 rings (SSSR count). The van der Waals surface area contributed by atoms with Gasteiger partial charge in [-0.15, -0.1) is 11.3 Å². The van der Waals surface area contributed by atoms with Gasteiger partial charge in [0.1, 0.15) is 10.8 Å². The van der Waals surface area contributed by atoms with Crippen molar-refractivity contribution in [1.82, 2.24) is 10.4 Å². The number of amides is 1. The van der Waals surface area contributed by atoms with Crippen molar-refractivity contribution >= 4 is 23.0 Å². The van der Waals surface area contributed by atoms with E-state index in [1.165, 1.54) is 11.3 Å². The molecule has 1 N–H and O–H groups in total. The fraction of sp³-hybridized carbons (Fsp3) is 0.267. The summed E-state index contributed by atoms with van der Waals surface area (Å²) in [6.45, 7) is 3.74. The summed E-state index contributed by atoms with van der Waals surface area (Å²) >= 11 is 1.48. The summed E-state index contributed by atoms with van der Waals surface area (Å²) in [5.41, 5.74) is 5.10. The number of thiazole rings is 1. The Balaban J connectivity index is 1.97. The number of carbonyl (C=O) groups excluding carboxylic acids is 1. The highest BCUT2D eigenvalue weighted by Gasteiger charge is 2.06. The van der Waals surface area contributed by atoms with Crippen LogP contribution in [0.3, 0.4) is 0 Å². The molecular formula is C15H17N3O2S. The van der Waals surface area contributed by atoms with Gasteiger partial charge in [-0.05, 0) is 26.0 Å². The molecule has 0 unspecified atom stereocenters. The van der Waals surface area contributed by atoms with Crippen molar-refractivity contribution in [3.63, 3.8) is 0 Å². The number of nitrogens with one attached hydrogen (secondary N) is 1. The molecule has 1 heterocycles. The first-order valence-corrected chi connectivity index (χ1v) is 7.35. The lowest BCUT2D eigenvalue weighted by Gasteiger charge is -2.04. The molecule has 0 bridgehead atoms. The zero-order chi connectivity index (χ0) is 15.2. The number of aryl methyl sites for hydroxylation is 1. The molecule has 0 spiro atoms. The molecule has 110 valence electrons. The Bertz CT molecular complexity index is 664. The third kappa shape index (κ3) is 4.39. The van der Waals surface area contributed by atoms with E-state index < -0.39 is 0 Å². The van der Waals surface area contributed by atoms with Crippen LogP contribution in [0.15, 0.2) is 34.7 Å². The summed E-state index contributed by atoms with van der Waals surface area (Å²) in [5, 5.41) is 6.83. The Morgan fingerprint density at radius 2 is 2.29 bits per heavy atom. The minimum Gasteiger partial charge on any atom is -0.497 e. The van der Waals surface area contributed by atoms with Crippen LogP contribution in [0, 0.1) is 6.92 Å². The Morgan fingerprint density at radius 1 is 1.48 bits per heavy atom. The van der Waals surface area contributed by atoms with Crippen molar-refractivity contribution < 1.29 is 9.53 Å². The van der Waals surface area contributed by atoms with Crippen LogP contribution in [-0.2, 0) is 11.2 Å². The topological polar surface area (TPSA) is 63.6 Å². The first-order valence-electron chi connectivity index (χ1n) is 6.47. The predicted molar refractivity (Wildman–Crippen MR) is 83.9 cm³/mol. The molecule has 0 atom stereocenters. The van der Waals surface area contributed by atoms with Crippen LogP contribution in [-0.4, -0.2) is 23.7 Å². The van der Waals surface area contributed by atoms with Crippen LogP contribution in [0.5, 0.6) is 5.75 Å². The minimum atomic E-state index is -0.174. The molecule has 21 heavy (non-hydrogen) atoms. The summed E-state index contributed by atoms with van der Waals surface area (Å²) in [5.74, 6) is 0.582. The van der Waals surface area contributed by atoms with Gasteiger partial charge in [0, 0.05) is 16.6 Å². The molecule has 0 aliphatic heterocycles. The van der Waals surface area contributed by atoms with Gasteiger partial charge in [-0.3, -0.25) is 4.79 Å². The maximum atomic E-state index is 11.8. The smallest absolute Gasteiger partial charge is 0.246 e. The van der Waals surface area contributed by atoms with Gasteiger partial charge in [0.2, 0.25) is 5.91 Å². The quantitative estimate of drug-likeness (QED) is 0.682. The van der Waals surface area contributed by atoms with Crippen molar-refractivity contribution in [2.24, 2.45) is 5.10 Å². The van der Waals surface area contributed by atoms with Crippen LogP contribution in [0.25, 0.3) is 0 Å². The molecule has 5 nitrogen and oxygen atoms in total. The summed E-state index contributed by atoms with van der Waals surface area (Å²) in [6.07, 6.45) is 0.243. The molecule has 1 aromatic heterocycles. The number of aromatic nitrogens is 1. The molecule has 2 aromatic rings. The maximum Gasteiger partial charge on any atom is 0.246 e. The lowest BCUT2D eigenvalue weighted by molar-refractivity contribution is -0.120. The van der Waals surface area contributed by atoms with E-state index >= 15 is 0 Å². The minimum absolute atomic E-state index is 0.174. The van der Waals surface area contributed by atoms with Gasteiger partial charge in [-0.2, -0.15) is 5.10 Å². The van der Waals surface area contributed by atoms with E-state index in [9.17, 15) is 4.79 Å². The largest absolute Gasteiger partial charge is 0.497 e. The second-order valence-corrected chi connectivity index (χ2v) is 5.47. The van der Waals surface area contributed by atoms with E-state index in [1.54, 1.807) is 7.11 Å². The highest BCUT2D eigenvalue weighted by molar-refractivity contribution is 7.09. The highest BCUT2D eigenvalue weighted by Crippen LogP contribution is 2.13. The van der Waals surface area contributed by atoms with Gasteiger partial charge >= 0.3 is 0 Å². The predicted octanol–water partition coefficient (Wildman–Crippen LogP) is 2.54. The molecule has 0 radical (unpaired) electrons. The molecule has 0 aliphatic carbocycles. The fourth-order valence-electron chi connectivity index (χ4n) is 1.72. The van der Waals surface area contributed by atoms with Crippen LogP contribution in [0.4, 0.5) is 0 Å². The van der Waals surface area contributed by atoms with Crippen LogP contribution in [0.1, 0.15) is 23.2 Å². The lowest BCUT2D eigenvalue weighted by atomic mass is 10.1. The Kier molecular flexibility index (Phi) is 5.05. The third-order valence-corrected chi connectivity index (χ3v) is 3.78. The van der Waals surface area contributed by atoms with E-state index in [4.69, 9.17) is 4.74 Å². The van der Waals surface area contributed by atoms with Gasteiger partial charge in [0.15, 0.2) is 0 Å². The monoisotopic (exact) mass is 303 g/mol. The molecule has 1 aromatic carbocycles. The van der Waals surface area contributed by atoms with Crippen molar-refractivity contribution in [3.05, 3.63) is 45.9 Å². The van der Waals surface area contributed by atoms with Crippen LogP contribution in [0.2, 0.25) is 0 Å². The first-order chi connectivity index (χ1) is 10.1. The Labute approximate surface area is 127 Å². The zero-order valence-electron chi connectivity index (χ0n) is 12.2. The summed E-state index contributed by atoms with van der Waals surface area (Å²) in [4.78, 5) is 16.1. The number of ether oxygens (including phenoxy) is 1. The summed E-state index contributed by atoms with van der Waals surface area (Å²) in [7, 11) is 1.61. The molecular weight excluding hydrogens is 286 g/mol. The van der Waals surface area contributed by atoms with Gasteiger partial charge in [0.05, 0.1) is 19.2 Å². The van der Waals surface area contributed by atoms with E-state index in [0.717, 1.165) is 27.7 Å². The first kappa shape index (κ1) is 15.2. The second-order valence-electron chi connectivity index (χ2n) is 4.52. The van der Waals surface area contributed by atoms with Gasteiger partial charge < -0.3 is 4.74 Å². The molecule has 0 saturated heterocycles. The zero-order valence-corrected chi connectivity index (χ0v) is 13.0. The number of hydrogen-bond acceptors (Lipinski definition) is 5. The Morgan fingerprint density at radius 3 is 2.95 bits per heavy atom. The van der Waals surface area contributed by atoms with E-state index in [1.807, 2.05) is 43.5 Å². The number of nitrogens with zero attached hydrogens (tertiary/aromatic N) is 2. The SMILES string of the molecule is COc1cccc(/C(C)=N\NC(=O)Cc2nc(C)cs2)c1. The summed E-state index contributed by atoms with van der Waals surface area (Å²) in [6, 6.07) is 7.53. The number of hydrazone groups is 1. The maximum absolute atomic E-state index is 11.8. The van der Waals surface area contributed by atoms with E-state index in [2.05, 4.69) is 15.5 Å². The average molecular weight is 303 g/mol. The van der Waals surface area contributed by atoms with Crippen molar-refractivity contribution in [1.29, 1.82) is 0 Å². The lowest BCUT2D eigenvalue weighted by Crippen LogP contribution is -2.21. The fourth-order valence-corrected chi connectivity index (χ4v) is 2.49. The number of hydrogen-bond donors (Lipinski definition) is 1. The highest BCUT2D eigenvalue weighted by atomic mass is 32.1. The molecule has 0 aliphatic rings. The van der Waals surface area contributed by atoms with Gasteiger partial charge in [0.25, 0.3) is 0 Å². The van der Waals surface area contributed by atoms with E-state index in [-0.39, 0.29) is 12.3 Å². The molecule has 6 heteroatoms. The van der Waals surface area contributed by atoms with E-state index in [0.29, 0.717) is 0 Å². The number of methoxy groups -OCH3 is 1. The standard InChI is InChI=1S/C15H17N3O2S/c1-10-9-21-15(16-10)8-14(19)18-17-11(2)12-5-4-6-13(7-12)20-3/h4-7,9H,8H2,1-3H3,(H,18,19)/b17-11-.